The molecular weight excluding hydrogens is 765 g/mol. The van der Waals surface area contributed by atoms with Crippen LogP contribution in [0.3, 0.4) is 0 Å². The van der Waals surface area contributed by atoms with Crippen molar-refractivity contribution in [3.8, 4) is 5.75 Å². The molecule has 0 saturated carbocycles. The first-order chi connectivity index (χ1) is 28.3. The Hall–Kier alpha value is -1.24. The lowest BCUT2D eigenvalue weighted by Gasteiger charge is -2.36. The van der Waals surface area contributed by atoms with E-state index in [1.807, 2.05) is 0 Å². The number of hydrogen-bond donors (Lipinski definition) is 0. The zero-order valence-electron chi connectivity index (χ0n) is 37.5. The van der Waals surface area contributed by atoms with E-state index in [1.165, 1.54) is 44.1 Å². The van der Waals surface area contributed by atoms with Gasteiger partial charge in [0.05, 0.1) is 152 Å². The predicted molar refractivity (Wildman–Crippen MR) is 231 cm³/mol. The molecule has 0 saturated heterocycles. The standard InChI is InChI=1S/C44H84O13Si/c1-7-8-9-10-11-12-13-42-14-16-43(17-15-42)56-40-38-54-36-34-52-32-30-50-28-26-48-24-22-46-20-18-45-19-21-47-23-25-49-27-29-51-31-33-53-35-37-55-39-41-57-58(5,6)44(2,3)4/h14-17H,7-13,18-41H2,1-6H3. The summed E-state index contributed by atoms with van der Waals surface area (Å²) in [5.41, 5.74) is 1.38. The number of unbranched alkanes of at least 4 members (excludes halogenated alkanes) is 5. The van der Waals surface area contributed by atoms with Gasteiger partial charge in [-0.3, -0.25) is 0 Å². The Bertz CT molecular complexity index is 981. The first kappa shape index (κ1) is 54.8. The average Bonchev–Trinajstić information content (AvgIpc) is 3.20. The van der Waals surface area contributed by atoms with Gasteiger partial charge in [0.1, 0.15) is 12.4 Å². The highest BCUT2D eigenvalue weighted by Crippen LogP contribution is 2.36. The average molecular weight is 849 g/mol. The second-order valence-corrected chi connectivity index (χ2v) is 20.2. The van der Waals surface area contributed by atoms with Crippen molar-refractivity contribution >= 4 is 8.32 Å². The fraction of sp³-hybridized carbons (Fsp3) is 0.864. The van der Waals surface area contributed by atoms with Gasteiger partial charge in [-0.05, 0) is 48.7 Å². The summed E-state index contributed by atoms with van der Waals surface area (Å²) < 4.78 is 72.8. The minimum atomic E-state index is -1.70. The van der Waals surface area contributed by atoms with E-state index in [4.69, 9.17) is 61.3 Å². The van der Waals surface area contributed by atoms with Gasteiger partial charge in [-0.2, -0.15) is 0 Å². The van der Waals surface area contributed by atoms with Crippen LogP contribution in [0.5, 0.6) is 5.75 Å². The molecular formula is C44H84O13Si. The van der Waals surface area contributed by atoms with E-state index in [1.54, 1.807) is 0 Å². The van der Waals surface area contributed by atoms with E-state index in [0.29, 0.717) is 159 Å². The first-order valence-corrected chi connectivity index (χ1v) is 24.9. The number of ether oxygens (including phenoxy) is 12. The summed E-state index contributed by atoms with van der Waals surface area (Å²) in [6.45, 7) is 26.1. The lowest BCUT2D eigenvalue weighted by molar-refractivity contribution is -0.0279. The summed E-state index contributed by atoms with van der Waals surface area (Å²) in [6, 6.07) is 8.44. The molecule has 0 amide bonds. The molecule has 0 unspecified atom stereocenters. The fourth-order valence-corrected chi connectivity index (χ4v) is 5.98. The van der Waals surface area contributed by atoms with Crippen molar-refractivity contribution in [3.05, 3.63) is 29.8 Å². The Balaban J connectivity index is 1.68. The van der Waals surface area contributed by atoms with Crippen LogP contribution in [-0.4, -0.2) is 167 Å². The summed E-state index contributed by atoms with van der Waals surface area (Å²) in [6.07, 6.45) is 9.08. The van der Waals surface area contributed by atoms with Crippen LogP contribution in [0.15, 0.2) is 24.3 Å². The third-order valence-electron chi connectivity index (χ3n) is 9.46. The topological polar surface area (TPSA) is 120 Å². The van der Waals surface area contributed by atoms with E-state index in [0.717, 1.165) is 12.2 Å². The molecule has 0 aliphatic rings. The Labute approximate surface area is 353 Å². The van der Waals surface area contributed by atoms with Gasteiger partial charge in [-0.1, -0.05) is 71.9 Å². The summed E-state index contributed by atoms with van der Waals surface area (Å²) in [7, 11) is -1.70. The maximum absolute atomic E-state index is 6.09. The van der Waals surface area contributed by atoms with Gasteiger partial charge in [0, 0.05) is 0 Å². The first-order valence-electron chi connectivity index (χ1n) is 22.0. The van der Waals surface area contributed by atoms with Gasteiger partial charge in [0.15, 0.2) is 8.32 Å². The van der Waals surface area contributed by atoms with Crippen LogP contribution in [0.2, 0.25) is 18.1 Å². The number of aryl methyl sites for hydroxylation is 1. The van der Waals surface area contributed by atoms with Crippen LogP contribution in [-0.2, 0) is 63.0 Å². The van der Waals surface area contributed by atoms with E-state index in [-0.39, 0.29) is 5.04 Å². The van der Waals surface area contributed by atoms with Gasteiger partial charge in [0.25, 0.3) is 0 Å². The minimum absolute atomic E-state index is 0.215. The van der Waals surface area contributed by atoms with Gasteiger partial charge >= 0.3 is 0 Å². The molecule has 0 atom stereocenters. The van der Waals surface area contributed by atoms with Crippen molar-refractivity contribution < 1.29 is 61.3 Å². The highest BCUT2D eigenvalue weighted by Gasteiger charge is 2.36. The second kappa shape index (κ2) is 39.9. The molecule has 0 N–H and O–H groups in total. The lowest BCUT2D eigenvalue weighted by Crippen LogP contribution is -2.41. The second-order valence-electron chi connectivity index (χ2n) is 15.4. The molecule has 342 valence electrons. The number of benzene rings is 1. The summed E-state index contributed by atoms with van der Waals surface area (Å²) in [5, 5.41) is 0.215. The van der Waals surface area contributed by atoms with Crippen molar-refractivity contribution in [2.24, 2.45) is 0 Å². The smallest absolute Gasteiger partial charge is 0.192 e. The van der Waals surface area contributed by atoms with E-state index < -0.39 is 8.32 Å². The van der Waals surface area contributed by atoms with Crippen molar-refractivity contribution in [2.45, 2.75) is 90.8 Å². The van der Waals surface area contributed by atoms with E-state index in [9.17, 15) is 0 Å². The van der Waals surface area contributed by atoms with Crippen LogP contribution in [0.1, 0.15) is 71.8 Å². The van der Waals surface area contributed by atoms with Crippen molar-refractivity contribution in [1.29, 1.82) is 0 Å². The molecule has 13 nitrogen and oxygen atoms in total. The minimum Gasteiger partial charge on any atom is -0.491 e. The maximum atomic E-state index is 6.09. The van der Waals surface area contributed by atoms with Crippen LogP contribution in [0.25, 0.3) is 0 Å². The van der Waals surface area contributed by atoms with Crippen LogP contribution in [0.4, 0.5) is 0 Å². The molecule has 0 fully saturated rings. The van der Waals surface area contributed by atoms with Crippen LogP contribution < -0.4 is 4.74 Å². The van der Waals surface area contributed by atoms with Crippen LogP contribution in [0, 0.1) is 0 Å². The fourth-order valence-electron chi connectivity index (χ4n) is 4.95. The van der Waals surface area contributed by atoms with E-state index >= 15 is 0 Å². The number of rotatable bonds is 45. The third-order valence-corrected chi connectivity index (χ3v) is 14.0. The molecule has 1 aromatic rings. The zero-order valence-corrected chi connectivity index (χ0v) is 38.5. The quantitative estimate of drug-likeness (QED) is 0.0488. The number of hydrogen-bond acceptors (Lipinski definition) is 13. The molecule has 0 radical (unpaired) electrons. The summed E-state index contributed by atoms with van der Waals surface area (Å²) >= 11 is 0. The molecule has 0 aliphatic carbocycles. The third kappa shape index (κ3) is 35.5. The van der Waals surface area contributed by atoms with E-state index in [2.05, 4.69) is 65.1 Å². The molecule has 0 aliphatic heterocycles. The largest absolute Gasteiger partial charge is 0.491 e. The molecule has 1 rings (SSSR count). The maximum Gasteiger partial charge on any atom is 0.192 e. The molecule has 14 heteroatoms. The molecule has 0 bridgehead atoms. The summed E-state index contributed by atoms with van der Waals surface area (Å²) in [4.78, 5) is 0. The van der Waals surface area contributed by atoms with Gasteiger partial charge in [0.2, 0.25) is 0 Å². The van der Waals surface area contributed by atoms with Gasteiger partial charge in [-0.25, -0.2) is 0 Å². The predicted octanol–water partition coefficient (Wildman–Crippen LogP) is 7.17. The Morgan fingerprint density at radius 1 is 0.379 bits per heavy atom. The Kier molecular flexibility index (Phi) is 37.6. The molecule has 1 aromatic carbocycles. The highest BCUT2D eigenvalue weighted by atomic mass is 28.4. The van der Waals surface area contributed by atoms with Gasteiger partial charge < -0.3 is 61.3 Å². The van der Waals surface area contributed by atoms with Crippen molar-refractivity contribution in [3.63, 3.8) is 0 Å². The SMILES string of the molecule is CCCCCCCCc1ccc(OCCOCCOCCOCCOCCOCCOCCOCCOCCOCCOCCOCCO[Si](C)(C)C(C)(C)C)cc1. The molecule has 0 heterocycles. The normalized spacial score (nSPS) is 12.2. The zero-order chi connectivity index (χ0) is 42.1. The Morgan fingerprint density at radius 3 is 1.00 bits per heavy atom. The Morgan fingerprint density at radius 2 is 0.672 bits per heavy atom. The molecule has 0 spiro atoms. The molecule has 0 aromatic heterocycles. The molecule has 58 heavy (non-hydrogen) atoms. The van der Waals surface area contributed by atoms with Gasteiger partial charge in [-0.15, -0.1) is 0 Å². The monoisotopic (exact) mass is 849 g/mol. The van der Waals surface area contributed by atoms with Crippen LogP contribution >= 0.6 is 0 Å². The van der Waals surface area contributed by atoms with Crippen molar-refractivity contribution in [2.75, 3.05) is 159 Å². The van der Waals surface area contributed by atoms with Crippen molar-refractivity contribution in [1.82, 2.24) is 0 Å². The lowest BCUT2D eigenvalue weighted by atomic mass is 10.0. The highest BCUT2D eigenvalue weighted by molar-refractivity contribution is 6.74. The summed E-state index contributed by atoms with van der Waals surface area (Å²) in [5.74, 6) is 0.885.